The lowest BCUT2D eigenvalue weighted by Crippen LogP contribution is -2.38. The average Bonchev–Trinajstić information content (AvgIpc) is 3.71. The fourth-order valence-corrected chi connectivity index (χ4v) is 6.52. The molecule has 290 valence electrons. The molecule has 0 bridgehead atoms. The van der Waals surface area contributed by atoms with Gasteiger partial charge in [0.15, 0.2) is 40.3 Å². The number of carbonyl (C=O) groups excluding carboxylic acids is 1. The number of methoxy groups -OCH3 is 5. The van der Waals surface area contributed by atoms with Crippen molar-refractivity contribution >= 4 is 11.6 Å². The third-order valence-corrected chi connectivity index (χ3v) is 9.49. The van der Waals surface area contributed by atoms with E-state index in [2.05, 4.69) is 15.8 Å². The zero-order chi connectivity index (χ0) is 38.7. The molecule has 5 aromatic rings. The molecule has 12 nitrogen and oxygen atoms in total. The third kappa shape index (κ3) is 9.20. The van der Waals surface area contributed by atoms with Gasteiger partial charge in [-0.2, -0.15) is 0 Å². The van der Waals surface area contributed by atoms with Crippen LogP contribution in [-0.4, -0.2) is 59.8 Å². The molecule has 0 aliphatic carbocycles. The SMILES string of the molecule is COc1cc(C2NC(=O)c3cc(C)ccc3N2)ccc1OCCCCCCCCOc1cc(-c2cc(-c3cc(OC)c(OC)c(OC)c3)no2)ccc1OC. The van der Waals surface area contributed by atoms with Crippen molar-refractivity contribution in [2.45, 2.75) is 51.6 Å². The second-order valence-corrected chi connectivity index (χ2v) is 13.2. The van der Waals surface area contributed by atoms with Gasteiger partial charge in [0.25, 0.3) is 5.91 Å². The number of fused-ring (bicyclic) bond motifs is 1. The Balaban J connectivity index is 0.923. The number of aryl methyl sites for hydroxylation is 1. The first-order chi connectivity index (χ1) is 26.8. The normalized spacial score (nSPS) is 13.3. The molecule has 2 heterocycles. The minimum atomic E-state index is -0.362. The molecule has 1 atom stereocenters. The molecule has 6 rings (SSSR count). The molecule has 0 saturated carbocycles. The number of nitrogens with one attached hydrogen (secondary N) is 2. The van der Waals surface area contributed by atoms with Gasteiger partial charge < -0.3 is 48.3 Å². The van der Waals surface area contributed by atoms with Crippen LogP contribution in [0.2, 0.25) is 0 Å². The molecule has 1 aliphatic heterocycles. The summed E-state index contributed by atoms with van der Waals surface area (Å²) in [6, 6.07) is 22.8. The van der Waals surface area contributed by atoms with Crippen molar-refractivity contribution in [1.82, 2.24) is 10.5 Å². The van der Waals surface area contributed by atoms with Crippen LogP contribution in [0, 0.1) is 6.92 Å². The van der Waals surface area contributed by atoms with E-state index in [1.807, 2.05) is 79.7 Å². The fourth-order valence-electron chi connectivity index (χ4n) is 6.52. The Kier molecular flexibility index (Phi) is 12.9. The third-order valence-electron chi connectivity index (χ3n) is 9.49. The zero-order valence-electron chi connectivity index (χ0n) is 32.3. The van der Waals surface area contributed by atoms with Gasteiger partial charge in [0, 0.05) is 22.9 Å². The van der Waals surface area contributed by atoms with Gasteiger partial charge in [0.1, 0.15) is 11.9 Å². The van der Waals surface area contributed by atoms with Gasteiger partial charge in [0.2, 0.25) is 5.75 Å². The van der Waals surface area contributed by atoms with Crippen molar-refractivity contribution in [2.24, 2.45) is 0 Å². The molecule has 1 aromatic heterocycles. The van der Waals surface area contributed by atoms with Crippen molar-refractivity contribution in [3.05, 3.63) is 89.5 Å². The highest BCUT2D eigenvalue weighted by molar-refractivity contribution is 6.02. The lowest BCUT2D eigenvalue weighted by molar-refractivity contribution is 0.0935. The van der Waals surface area contributed by atoms with Crippen LogP contribution in [0.3, 0.4) is 0 Å². The predicted octanol–water partition coefficient (Wildman–Crippen LogP) is 9.01. The van der Waals surface area contributed by atoms with E-state index in [-0.39, 0.29) is 12.1 Å². The van der Waals surface area contributed by atoms with Gasteiger partial charge in [-0.15, -0.1) is 0 Å². The Bertz CT molecular complexity index is 2050. The van der Waals surface area contributed by atoms with Crippen LogP contribution in [0.1, 0.15) is 66.2 Å². The number of ether oxygens (including phenoxy) is 7. The highest BCUT2D eigenvalue weighted by Gasteiger charge is 2.25. The highest BCUT2D eigenvalue weighted by Crippen LogP contribution is 2.42. The Morgan fingerprint density at radius 1 is 0.600 bits per heavy atom. The molecule has 4 aromatic carbocycles. The summed E-state index contributed by atoms with van der Waals surface area (Å²) in [5, 5.41) is 10.7. The van der Waals surface area contributed by atoms with Crippen molar-refractivity contribution in [3.8, 4) is 62.8 Å². The first kappa shape index (κ1) is 38.7. The Hall–Kier alpha value is -6.04. The van der Waals surface area contributed by atoms with Gasteiger partial charge in [0.05, 0.1) is 54.3 Å². The van der Waals surface area contributed by atoms with Gasteiger partial charge >= 0.3 is 0 Å². The number of carbonyl (C=O) groups is 1. The summed E-state index contributed by atoms with van der Waals surface area (Å²) in [4.78, 5) is 12.7. The number of rotatable bonds is 19. The zero-order valence-corrected chi connectivity index (χ0v) is 32.3. The molecule has 1 aliphatic rings. The molecule has 55 heavy (non-hydrogen) atoms. The van der Waals surface area contributed by atoms with Gasteiger partial charge in [-0.25, -0.2) is 0 Å². The van der Waals surface area contributed by atoms with Crippen LogP contribution >= 0.6 is 0 Å². The maximum Gasteiger partial charge on any atom is 0.255 e. The van der Waals surface area contributed by atoms with Crippen LogP contribution in [0.15, 0.2) is 77.3 Å². The Labute approximate surface area is 322 Å². The molecule has 0 saturated heterocycles. The monoisotopic (exact) mass is 751 g/mol. The second kappa shape index (κ2) is 18.3. The van der Waals surface area contributed by atoms with Gasteiger partial charge in [-0.1, -0.05) is 48.5 Å². The van der Waals surface area contributed by atoms with E-state index in [0.29, 0.717) is 70.5 Å². The molecular formula is C43H49N3O9. The molecule has 2 N–H and O–H groups in total. The second-order valence-electron chi connectivity index (χ2n) is 13.2. The van der Waals surface area contributed by atoms with Crippen LogP contribution < -0.4 is 43.8 Å². The number of aromatic nitrogens is 1. The van der Waals surface area contributed by atoms with Crippen molar-refractivity contribution in [3.63, 3.8) is 0 Å². The summed E-state index contributed by atoms with van der Waals surface area (Å²) >= 11 is 0. The number of anilines is 1. The number of hydrogen-bond acceptors (Lipinski definition) is 11. The van der Waals surface area contributed by atoms with Gasteiger partial charge in [-0.05, 0) is 79.9 Å². The van der Waals surface area contributed by atoms with Crippen LogP contribution in [0.4, 0.5) is 5.69 Å². The number of unbranched alkanes of at least 4 members (excludes halogenated alkanes) is 5. The summed E-state index contributed by atoms with van der Waals surface area (Å²) in [5.41, 5.74) is 5.59. The smallest absolute Gasteiger partial charge is 0.255 e. The molecule has 1 amide bonds. The Morgan fingerprint density at radius 2 is 1.24 bits per heavy atom. The number of benzene rings is 4. The predicted molar refractivity (Wildman–Crippen MR) is 210 cm³/mol. The van der Waals surface area contributed by atoms with E-state index in [9.17, 15) is 4.79 Å². The summed E-state index contributed by atoms with van der Waals surface area (Å²) in [7, 11) is 7.97. The van der Waals surface area contributed by atoms with E-state index in [1.54, 1.807) is 35.5 Å². The summed E-state index contributed by atoms with van der Waals surface area (Å²) < 4.78 is 45.6. The number of amides is 1. The first-order valence-corrected chi connectivity index (χ1v) is 18.4. The van der Waals surface area contributed by atoms with Crippen molar-refractivity contribution in [1.29, 1.82) is 0 Å². The number of nitrogens with zero attached hydrogens (tertiary/aromatic N) is 1. The highest BCUT2D eigenvalue weighted by atomic mass is 16.5. The van der Waals surface area contributed by atoms with Crippen molar-refractivity contribution < 1.29 is 42.5 Å². The van der Waals surface area contributed by atoms with Crippen LogP contribution in [-0.2, 0) is 0 Å². The van der Waals surface area contributed by atoms with E-state index >= 15 is 0 Å². The van der Waals surface area contributed by atoms with Gasteiger partial charge in [-0.3, -0.25) is 4.79 Å². The standard InChI is InChI=1S/C43H49N3O9/c1-27-13-16-32-31(21-27)43(47)45-42(44-32)29-15-18-35(37(23-29)49-3)53-19-11-9-7-8-10-12-20-54-38-22-28(14-17-34(38)48-2)36-26-33(46-55-36)30-24-39(50-4)41(52-6)40(25-30)51-5/h13-18,21-26,42,44H,7-12,19-20H2,1-6H3,(H,45,47). The molecule has 0 spiro atoms. The molecule has 0 fully saturated rings. The summed E-state index contributed by atoms with van der Waals surface area (Å²) in [5.74, 6) is 4.66. The van der Waals surface area contributed by atoms with E-state index in [4.69, 9.17) is 37.7 Å². The van der Waals surface area contributed by atoms with E-state index in [0.717, 1.165) is 66.5 Å². The first-order valence-electron chi connectivity index (χ1n) is 18.4. The Morgan fingerprint density at radius 3 is 1.91 bits per heavy atom. The van der Waals surface area contributed by atoms with E-state index in [1.165, 1.54) is 0 Å². The average molecular weight is 752 g/mol. The lowest BCUT2D eigenvalue weighted by Gasteiger charge is -2.28. The molecular weight excluding hydrogens is 702 g/mol. The minimum Gasteiger partial charge on any atom is -0.493 e. The molecule has 12 heteroatoms. The topological polar surface area (TPSA) is 132 Å². The van der Waals surface area contributed by atoms with E-state index < -0.39 is 0 Å². The minimum absolute atomic E-state index is 0.103. The molecule has 0 radical (unpaired) electrons. The van der Waals surface area contributed by atoms with Crippen LogP contribution in [0.5, 0.6) is 40.2 Å². The van der Waals surface area contributed by atoms with Crippen LogP contribution in [0.25, 0.3) is 22.6 Å². The maximum atomic E-state index is 12.7. The van der Waals surface area contributed by atoms with Crippen molar-refractivity contribution in [2.75, 3.05) is 54.1 Å². The summed E-state index contributed by atoms with van der Waals surface area (Å²) in [6.07, 6.45) is 5.80. The quantitative estimate of drug-likeness (QED) is 0.0784. The lowest BCUT2D eigenvalue weighted by atomic mass is 10.0. The maximum absolute atomic E-state index is 12.7. The molecule has 1 unspecified atom stereocenters. The summed E-state index contributed by atoms with van der Waals surface area (Å²) in [6.45, 7) is 3.13. The largest absolute Gasteiger partial charge is 0.493 e. The fraction of sp³-hybridized carbons (Fsp3) is 0.349. The number of hydrogen-bond donors (Lipinski definition) is 2.